The number of aliphatic imine (C=N–C) groups is 1. The molecule has 0 aromatic rings. The fourth-order valence-corrected chi connectivity index (χ4v) is 2.57. The standard InChI is InChI=1S/C16H32N2/c1-2-3-4-5-6-7-8-9-10-11-14-18-15-12-13-17-16-18/h16H,2-15H2,1H3. The monoisotopic (exact) mass is 252 g/mol. The molecule has 2 heteroatoms. The van der Waals surface area contributed by atoms with Crippen molar-refractivity contribution in [3.63, 3.8) is 0 Å². The van der Waals surface area contributed by atoms with Gasteiger partial charge >= 0.3 is 0 Å². The maximum atomic E-state index is 4.32. The lowest BCUT2D eigenvalue weighted by Crippen LogP contribution is -2.28. The summed E-state index contributed by atoms with van der Waals surface area (Å²) in [6.45, 7) is 5.77. The Labute approximate surface area is 114 Å². The number of nitrogens with zero attached hydrogens (tertiary/aromatic N) is 2. The van der Waals surface area contributed by atoms with Crippen molar-refractivity contribution >= 4 is 6.34 Å². The molecule has 0 amide bonds. The van der Waals surface area contributed by atoms with Crippen molar-refractivity contribution in [2.75, 3.05) is 19.6 Å². The highest BCUT2D eigenvalue weighted by Gasteiger charge is 2.03. The second kappa shape index (κ2) is 11.6. The SMILES string of the molecule is CCCCCCCCCCCCN1C=NCCC1. The fraction of sp³-hybridized carbons (Fsp3) is 0.938. The molecule has 1 heterocycles. The minimum absolute atomic E-state index is 1.04. The summed E-state index contributed by atoms with van der Waals surface area (Å²) in [5.41, 5.74) is 0. The molecule has 18 heavy (non-hydrogen) atoms. The second-order valence-corrected chi connectivity index (χ2v) is 5.59. The molecule has 0 atom stereocenters. The summed E-state index contributed by atoms with van der Waals surface area (Å²) in [6, 6.07) is 0. The summed E-state index contributed by atoms with van der Waals surface area (Å²) in [5.74, 6) is 0. The van der Waals surface area contributed by atoms with Crippen LogP contribution in [-0.4, -0.2) is 30.9 Å². The van der Waals surface area contributed by atoms with Crippen molar-refractivity contribution in [2.45, 2.75) is 77.6 Å². The lowest BCUT2D eigenvalue weighted by molar-refractivity contribution is 0.390. The molecule has 0 saturated heterocycles. The summed E-state index contributed by atoms with van der Waals surface area (Å²) in [4.78, 5) is 6.71. The van der Waals surface area contributed by atoms with Gasteiger partial charge in [-0.25, -0.2) is 0 Å². The molecule has 0 aromatic heterocycles. The van der Waals surface area contributed by atoms with Gasteiger partial charge in [-0.1, -0.05) is 64.7 Å². The van der Waals surface area contributed by atoms with Crippen LogP contribution in [0.1, 0.15) is 77.6 Å². The van der Waals surface area contributed by atoms with E-state index in [4.69, 9.17) is 0 Å². The molecule has 0 N–H and O–H groups in total. The first-order valence-corrected chi connectivity index (χ1v) is 8.17. The normalized spacial score (nSPS) is 15.3. The molecule has 1 aliphatic rings. The van der Waals surface area contributed by atoms with Gasteiger partial charge in [0.25, 0.3) is 0 Å². The van der Waals surface area contributed by atoms with Gasteiger partial charge in [-0.05, 0) is 12.8 Å². The van der Waals surface area contributed by atoms with Crippen molar-refractivity contribution in [3.8, 4) is 0 Å². The van der Waals surface area contributed by atoms with E-state index in [1.54, 1.807) is 0 Å². The zero-order valence-electron chi connectivity index (χ0n) is 12.4. The third-order valence-corrected chi connectivity index (χ3v) is 3.78. The van der Waals surface area contributed by atoms with E-state index in [0.717, 1.165) is 6.54 Å². The molecule has 1 rings (SSSR count). The molecule has 0 saturated carbocycles. The van der Waals surface area contributed by atoms with Crippen LogP contribution in [0.15, 0.2) is 4.99 Å². The molecular formula is C16H32N2. The zero-order chi connectivity index (χ0) is 12.9. The van der Waals surface area contributed by atoms with Gasteiger partial charge in [0.1, 0.15) is 0 Å². The van der Waals surface area contributed by atoms with Gasteiger partial charge in [0.15, 0.2) is 0 Å². The van der Waals surface area contributed by atoms with E-state index >= 15 is 0 Å². The first-order valence-electron chi connectivity index (χ1n) is 8.17. The largest absolute Gasteiger partial charge is 0.363 e. The molecule has 0 aromatic carbocycles. The van der Waals surface area contributed by atoms with Crippen LogP contribution in [0.4, 0.5) is 0 Å². The molecule has 0 aliphatic carbocycles. The fourth-order valence-electron chi connectivity index (χ4n) is 2.57. The molecule has 0 fully saturated rings. The average molecular weight is 252 g/mol. The van der Waals surface area contributed by atoms with E-state index in [-0.39, 0.29) is 0 Å². The van der Waals surface area contributed by atoms with Gasteiger partial charge in [-0.2, -0.15) is 0 Å². The van der Waals surface area contributed by atoms with Crippen LogP contribution in [0.5, 0.6) is 0 Å². The summed E-state index contributed by atoms with van der Waals surface area (Å²) in [7, 11) is 0. The minimum Gasteiger partial charge on any atom is -0.363 e. The maximum absolute atomic E-state index is 4.32. The van der Waals surface area contributed by atoms with E-state index in [2.05, 4.69) is 23.2 Å². The van der Waals surface area contributed by atoms with Crippen LogP contribution in [0.25, 0.3) is 0 Å². The van der Waals surface area contributed by atoms with Crippen LogP contribution >= 0.6 is 0 Å². The second-order valence-electron chi connectivity index (χ2n) is 5.59. The van der Waals surface area contributed by atoms with Gasteiger partial charge in [0.2, 0.25) is 0 Å². The van der Waals surface area contributed by atoms with Crippen molar-refractivity contribution in [1.29, 1.82) is 0 Å². The van der Waals surface area contributed by atoms with Gasteiger partial charge in [0, 0.05) is 19.6 Å². The number of hydrogen-bond donors (Lipinski definition) is 0. The highest BCUT2D eigenvalue weighted by molar-refractivity contribution is 5.55. The summed E-state index contributed by atoms with van der Waals surface area (Å²) < 4.78 is 0. The molecule has 106 valence electrons. The van der Waals surface area contributed by atoms with Gasteiger partial charge < -0.3 is 4.90 Å². The molecular weight excluding hydrogens is 220 g/mol. The number of hydrogen-bond acceptors (Lipinski definition) is 2. The molecule has 0 radical (unpaired) electrons. The van der Waals surface area contributed by atoms with E-state index < -0.39 is 0 Å². The quantitative estimate of drug-likeness (QED) is 0.489. The van der Waals surface area contributed by atoms with Crippen LogP contribution in [0, 0.1) is 0 Å². The zero-order valence-corrected chi connectivity index (χ0v) is 12.4. The van der Waals surface area contributed by atoms with E-state index in [1.165, 1.54) is 83.7 Å². The van der Waals surface area contributed by atoms with Gasteiger partial charge in [-0.3, -0.25) is 4.99 Å². The molecule has 1 aliphatic heterocycles. The lowest BCUT2D eigenvalue weighted by atomic mass is 10.1. The average Bonchev–Trinajstić information content (AvgIpc) is 2.42. The Kier molecular flexibility index (Phi) is 9.97. The predicted molar refractivity (Wildman–Crippen MR) is 81.4 cm³/mol. The van der Waals surface area contributed by atoms with Crippen LogP contribution in [0.2, 0.25) is 0 Å². The Balaban J connectivity index is 1.75. The Bertz CT molecular complexity index is 201. The molecule has 0 unspecified atom stereocenters. The Morgan fingerprint density at radius 3 is 2.06 bits per heavy atom. The highest BCUT2D eigenvalue weighted by Crippen LogP contribution is 2.10. The Hall–Kier alpha value is -0.530. The molecule has 0 bridgehead atoms. The van der Waals surface area contributed by atoms with Crippen LogP contribution in [-0.2, 0) is 0 Å². The maximum Gasteiger partial charge on any atom is 0.0849 e. The third-order valence-electron chi connectivity index (χ3n) is 3.78. The Morgan fingerprint density at radius 2 is 1.50 bits per heavy atom. The topological polar surface area (TPSA) is 15.6 Å². The van der Waals surface area contributed by atoms with Crippen molar-refractivity contribution < 1.29 is 0 Å². The summed E-state index contributed by atoms with van der Waals surface area (Å²) in [6.07, 6.45) is 17.5. The first-order chi connectivity index (χ1) is 8.93. The smallest absolute Gasteiger partial charge is 0.0849 e. The van der Waals surface area contributed by atoms with E-state index in [0.29, 0.717) is 0 Å². The highest BCUT2D eigenvalue weighted by atomic mass is 15.2. The van der Waals surface area contributed by atoms with Crippen molar-refractivity contribution in [1.82, 2.24) is 4.90 Å². The number of unbranched alkanes of at least 4 members (excludes halogenated alkanes) is 9. The van der Waals surface area contributed by atoms with Crippen LogP contribution < -0.4 is 0 Å². The first kappa shape index (κ1) is 15.5. The minimum atomic E-state index is 1.04. The van der Waals surface area contributed by atoms with Crippen molar-refractivity contribution in [2.24, 2.45) is 4.99 Å². The Morgan fingerprint density at radius 1 is 0.889 bits per heavy atom. The molecule has 2 nitrogen and oxygen atoms in total. The lowest BCUT2D eigenvalue weighted by Gasteiger charge is -2.22. The van der Waals surface area contributed by atoms with Gasteiger partial charge in [-0.15, -0.1) is 0 Å². The molecule has 0 spiro atoms. The summed E-state index contributed by atoms with van der Waals surface area (Å²) in [5, 5.41) is 0. The summed E-state index contributed by atoms with van der Waals surface area (Å²) >= 11 is 0. The van der Waals surface area contributed by atoms with Gasteiger partial charge in [0.05, 0.1) is 6.34 Å². The van der Waals surface area contributed by atoms with Crippen molar-refractivity contribution in [3.05, 3.63) is 0 Å². The van der Waals surface area contributed by atoms with E-state index in [9.17, 15) is 0 Å². The predicted octanol–water partition coefficient (Wildman–Crippen LogP) is 4.64. The number of rotatable bonds is 11. The van der Waals surface area contributed by atoms with E-state index in [1.807, 2.05) is 0 Å². The van der Waals surface area contributed by atoms with Crippen LogP contribution in [0.3, 0.4) is 0 Å². The third kappa shape index (κ3) is 8.54.